The lowest BCUT2D eigenvalue weighted by Crippen LogP contribution is -2.28. The van der Waals surface area contributed by atoms with Crippen LogP contribution >= 0.6 is 0 Å². The van der Waals surface area contributed by atoms with Gasteiger partial charge in [0, 0.05) is 13.1 Å². The van der Waals surface area contributed by atoms with Crippen molar-refractivity contribution in [1.82, 2.24) is 4.90 Å². The van der Waals surface area contributed by atoms with E-state index in [1.165, 1.54) is 16.7 Å². The molecule has 2 heteroatoms. The third-order valence-electron chi connectivity index (χ3n) is 3.51. The molecule has 0 bridgehead atoms. The van der Waals surface area contributed by atoms with Gasteiger partial charge in [0.2, 0.25) is 0 Å². The van der Waals surface area contributed by atoms with Gasteiger partial charge in [-0.1, -0.05) is 26.8 Å². The molecule has 1 aromatic rings. The highest BCUT2D eigenvalue weighted by atomic mass is 15.1. The van der Waals surface area contributed by atoms with E-state index in [2.05, 4.69) is 50.9 Å². The number of hydrogen-bond acceptors (Lipinski definition) is 2. The Labute approximate surface area is 104 Å². The second kappa shape index (κ2) is 4.16. The summed E-state index contributed by atoms with van der Waals surface area (Å²) < 4.78 is 0. The topological polar surface area (TPSA) is 27.0 Å². The first-order valence-electron chi connectivity index (χ1n) is 6.17. The fourth-order valence-electron chi connectivity index (χ4n) is 2.37. The minimum absolute atomic E-state index is 0.108. The number of nitrogens with zero attached hydrogens (tertiary/aromatic N) is 2. The van der Waals surface area contributed by atoms with Gasteiger partial charge in [-0.15, -0.1) is 0 Å². The summed E-state index contributed by atoms with van der Waals surface area (Å²) in [5, 5.41) is 9.29. The third-order valence-corrected chi connectivity index (χ3v) is 3.51. The molecule has 0 aromatic heterocycles. The van der Waals surface area contributed by atoms with Crippen LogP contribution in [0.3, 0.4) is 0 Å². The fourth-order valence-corrected chi connectivity index (χ4v) is 2.37. The van der Waals surface area contributed by atoms with Crippen molar-refractivity contribution >= 4 is 0 Å². The summed E-state index contributed by atoms with van der Waals surface area (Å²) in [4.78, 5) is 2.32. The molecule has 0 spiro atoms. The highest BCUT2D eigenvalue weighted by Gasteiger charge is 2.21. The maximum Gasteiger partial charge on any atom is 0.0994 e. The largest absolute Gasteiger partial charge is 0.302 e. The molecule has 2 rings (SSSR count). The zero-order valence-electron chi connectivity index (χ0n) is 11.2. The van der Waals surface area contributed by atoms with E-state index < -0.39 is 0 Å². The van der Waals surface area contributed by atoms with Gasteiger partial charge in [-0.05, 0) is 41.6 Å². The van der Waals surface area contributed by atoms with E-state index in [-0.39, 0.29) is 5.41 Å². The van der Waals surface area contributed by atoms with Gasteiger partial charge in [0.05, 0.1) is 11.6 Å². The van der Waals surface area contributed by atoms with Crippen molar-refractivity contribution in [3.63, 3.8) is 0 Å². The van der Waals surface area contributed by atoms with Gasteiger partial charge < -0.3 is 4.90 Å². The van der Waals surface area contributed by atoms with Gasteiger partial charge in [0.1, 0.15) is 0 Å². The van der Waals surface area contributed by atoms with Crippen LogP contribution in [0.1, 0.15) is 43.0 Å². The van der Waals surface area contributed by atoms with Gasteiger partial charge in [0.25, 0.3) is 0 Å². The lowest BCUT2D eigenvalue weighted by atomic mass is 9.82. The van der Waals surface area contributed by atoms with Crippen LogP contribution in [0.15, 0.2) is 12.1 Å². The summed E-state index contributed by atoms with van der Waals surface area (Å²) in [7, 11) is 2.14. The summed E-state index contributed by atoms with van der Waals surface area (Å²) in [6.07, 6.45) is 0.999. The predicted molar refractivity (Wildman–Crippen MR) is 69.9 cm³/mol. The van der Waals surface area contributed by atoms with E-state index in [1.54, 1.807) is 0 Å². The molecular weight excluding hydrogens is 208 g/mol. The summed E-state index contributed by atoms with van der Waals surface area (Å²) in [6.45, 7) is 8.61. The molecule has 1 heterocycles. The second-order valence-corrected chi connectivity index (χ2v) is 6.01. The molecule has 0 saturated carbocycles. The smallest absolute Gasteiger partial charge is 0.0994 e. The number of likely N-dealkylation sites (N-methyl/N-ethyl adjacent to an activating group) is 1. The monoisotopic (exact) mass is 228 g/mol. The Morgan fingerprint density at radius 3 is 2.59 bits per heavy atom. The molecular formula is C15H20N2. The minimum Gasteiger partial charge on any atom is -0.302 e. The number of fused-ring (bicyclic) bond motifs is 1. The van der Waals surface area contributed by atoms with Crippen molar-refractivity contribution in [1.29, 1.82) is 5.26 Å². The Balaban J connectivity index is 2.56. The molecule has 1 aromatic carbocycles. The SMILES string of the molecule is CN1CCc2c(C#N)cc(C(C)(C)C)cc2C1. The Morgan fingerprint density at radius 2 is 2.00 bits per heavy atom. The quantitative estimate of drug-likeness (QED) is 0.682. The number of benzene rings is 1. The van der Waals surface area contributed by atoms with E-state index in [1.807, 2.05) is 0 Å². The van der Waals surface area contributed by atoms with Crippen molar-refractivity contribution in [2.24, 2.45) is 0 Å². The lowest BCUT2D eigenvalue weighted by molar-refractivity contribution is 0.312. The first-order chi connectivity index (χ1) is 7.91. The molecule has 0 fully saturated rings. The molecule has 1 aliphatic heterocycles. The average molecular weight is 228 g/mol. The summed E-state index contributed by atoms with van der Waals surface area (Å²) in [6, 6.07) is 6.72. The number of nitriles is 1. The Hall–Kier alpha value is -1.33. The highest BCUT2D eigenvalue weighted by molar-refractivity contribution is 5.48. The fraction of sp³-hybridized carbons (Fsp3) is 0.533. The maximum absolute atomic E-state index is 9.29. The molecule has 2 nitrogen and oxygen atoms in total. The number of rotatable bonds is 0. The Bertz CT molecular complexity index is 475. The zero-order valence-corrected chi connectivity index (χ0v) is 11.2. The molecule has 0 saturated heterocycles. The van der Waals surface area contributed by atoms with Crippen LogP contribution in [0.5, 0.6) is 0 Å². The lowest BCUT2D eigenvalue weighted by Gasteiger charge is -2.28. The first kappa shape index (κ1) is 12.1. The maximum atomic E-state index is 9.29. The van der Waals surface area contributed by atoms with E-state index >= 15 is 0 Å². The second-order valence-electron chi connectivity index (χ2n) is 6.01. The highest BCUT2D eigenvalue weighted by Crippen LogP contribution is 2.29. The van der Waals surface area contributed by atoms with Crippen LogP contribution in [-0.2, 0) is 18.4 Å². The molecule has 0 atom stereocenters. The Kier molecular flexibility index (Phi) is 2.97. The van der Waals surface area contributed by atoms with Gasteiger partial charge in [-0.25, -0.2) is 0 Å². The summed E-state index contributed by atoms with van der Waals surface area (Å²) >= 11 is 0. The van der Waals surface area contributed by atoms with Crippen LogP contribution in [0.2, 0.25) is 0 Å². The average Bonchev–Trinajstić information content (AvgIpc) is 2.25. The molecule has 0 aliphatic carbocycles. The first-order valence-corrected chi connectivity index (χ1v) is 6.17. The van der Waals surface area contributed by atoms with Crippen molar-refractivity contribution in [2.45, 2.75) is 39.2 Å². The van der Waals surface area contributed by atoms with Gasteiger partial charge >= 0.3 is 0 Å². The normalized spacial score (nSPS) is 16.4. The molecule has 0 amide bonds. The third kappa shape index (κ3) is 2.35. The number of hydrogen-bond donors (Lipinski definition) is 0. The van der Waals surface area contributed by atoms with Crippen molar-refractivity contribution in [2.75, 3.05) is 13.6 Å². The van der Waals surface area contributed by atoms with Crippen LogP contribution in [0.4, 0.5) is 0 Å². The molecule has 0 unspecified atom stereocenters. The van der Waals surface area contributed by atoms with Crippen molar-refractivity contribution in [3.8, 4) is 6.07 Å². The van der Waals surface area contributed by atoms with Crippen LogP contribution < -0.4 is 0 Å². The molecule has 90 valence electrons. The van der Waals surface area contributed by atoms with Gasteiger partial charge in [0.15, 0.2) is 0 Å². The van der Waals surface area contributed by atoms with Crippen molar-refractivity contribution < 1.29 is 0 Å². The molecule has 0 radical (unpaired) electrons. The van der Waals surface area contributed by atoms with E-state index in [9.17, 15) is 5.26 Å². The van der Waals surface area contributed by atoms with E-state index in [4.69, 9.17) is 0 Å². The predicted octanol–water partition coefficient (Wildman–Crippen LogP) is 2.84. The molecule has 17 heavy (non-hydrogen) atoms. The van der Waals surface area contributed by atoms with Crippen LogP contribution in [0.25, 0.3) is 0 Å². The minimum atomic E-state index is 0.108. The van der Waals surface area contributed by atoms with Crippen molar-refractivity contribution in [3.05, 3.63) is 34.4 Å². The standard InChI is InChI=1S/C15H20N2/c1-15(2,3)13-7-11(9-16)14-5-6-17(4)10-12(14)8-13/h7-8H,5-6,10H2,1-4H3. The van der Waals surface area contributed by atoms with Gasteiger partial charge in [-0.3, -0.25) is 0 Å². The van der Waals surface area contributed by atoms with Crippen LogP contribution in [-0.4, -0.2) is 18.5 Å². The molecule has 0 N–H and O–H groups in total. The summed E-state index contributed by atoms with van der Waals surface area (Å²) in [5.41, 5.74) is 4.85. The van der Waals surface area contributed by atoms with E-state index in [0.717, 1.165) is 25.1 Å². The van der Waals surface area contributed by atoms with Crippen LogP contribution in [0, 0.1) is 11.3 Å². The zero-order chi connectivity index (χ0) is 12.6. The Morgan fingerprint density at radius 1 is 1.29 bits per heavy atom. The van der Waals surface area contributed by atoms with E-state index in [0.29, 0.717) is 0 Å². The summed E-state index contributed by atoms with van der Waals surface area (Å²) in [5.74, 6) is 0. The molecule has 1 aliphatic rings. The van der Waals surface area contributed by atoms with Gasteiger partial charge in [-0.2, -0.15) is 5.26 Å².